The Morgan fingerprint density at radius 3 is 2.50 bits per heavy atom. The molecule has 0 radical (unpaired) electrons. The molecule has 0 amide bonds. The lowest BCUT2D eigenvalue weighted by Gasteiger charge is -2.22. The topological polar surface area (TPSA) is 55.6 Å². The van der Waals surface area contributed by atoms with Crippen LogP contribution in [0.25, 0.3) is 5.82 Å². The minimum absolute atomic E-state index is 0.592. The van der Waals surface area contributed by atoms with E-state index < -0.39 is 0 Å². The zero-order valence-corrected chi connectivity index (χ0v) is 11.7. The Morgan fingerprint density at radius 2 is 1.85 bits per heavy atom. The minimum Gasteiger partial charge on any atom is -0.381 e. The van der Waals surface area contributed by atoms with E-state index in [1.165, 1.54) is 51.3 Å². The Hall–Kier alpha value is -1.91. The van der Waals surface area contributed by atoms with Crippen molar-refractivity contribution in [2.24, 2.45) is 0 Å². The third-order valence-corrected chi connectivity index (χ3v) is 3.88. The summed E-state index contributed by atoms with van der Waals surface area (Å²) >= 11 is 0. The lowest BCUT2D eigenvalue weighted by atomic mass is 9.96. The van der Waals surface area contributed by atoms with Gasteiger partial charge in [-0.15, -0.1) is 0 Å². The first-order valence-electron chi connectivity index (χ1n) is 7.49. The van der Waals surface area contributed by atoms with Gasteiger partial charge in [0.25, 0.3) is 0 Å². The molecule has 0 aliphatic heterocycles. The largest absolute Gasteiger partial charge is 0.381 e. The van der Waals surface area contributed by atoms with Crippen LogP contribution in [0.15, 0.2) is 31.0 Å². The molecular weight excluding hydrogens is 250 g/mol. The fourth-order valence-electron chi connectivity index (χ4n) is 2.77. The number of aromatic nitrogens is 4. The van der Waals surface area contributed by atoms with Gasteiger partial charge in [0.05, 0.1) is 11.9 Å². The van der Waals surface area contributed by atoms with E-state index in [-0.39, 0.29) is 0 Å². The summed E-state index contributed by atoms with van der Waals surface area (Å²) in [5.74, 6) is 0.797. The summed E-state index contributed by atoms with van der Waals surface area (Å²) in [7, 11) is 0. The Morgan fingerprint density at radius 1 is 1.05 bits per heavy atom. The summed E-state index contributed by atoms with van der Waals surface area (Å²) in [6, 6.07) is 4.64. The first-order valence-corrected chi connectivity index (χ1v) is 7.49. The number of hydrogen-bond acceptors (Lipinski definition) is 4. The van der Waals surface area contributed by atoms with Crippen molar-refractivity contribution < 1.29 is 0 Å². The average molecular weight is 271 g/mol. The predicted molar refractivity (Wildman–Crippen MR) is 78.9 cm³/mol. The molecule has 0 saturated heterocycles. The quantitative estimate of drug-likeness (QED) is 0.931. The highest BCUT2D eigenvalue weighted by Gasteiger charge is 2.11. The fraction of sp³-hybridized carbons (Fsp3) is 0.533. The summed E-state index contributed by atoms with van der Waals surface area (Å²) in [5, 5.41) is 7.69. The molecule has 20 heavy (non-hydrogen) atoms. The van der Waals surface area contributed by atoms with Crippen molar-refractivity contribution in [1.29, 1.82) is 0 Å². The first-order chi connectivity index (χ1) is 9.92. The Bertz CT molecular complexity index is 498. The van der Waals surface area contributed by atoms with Crippen molar-refractivity contribution in [3.63, 3.8) is 0 Å². The normalized spacial score (nSPS) is 17.4. The van der Waals surface area contributed by atoms with Gasteiger partial charge in [-0.2, -0.15) is 5.10 Å². The molecular formula is C15H21N5. The van der Waals surface area contributed by atoms with Crippen LogP contribution in [0.4, 0.5) is 5.69 Å². The number of nitrogens with zero attached hydrogens (tertiary/aromatic N) is 4. The molecule has 0 spiro atoms. The Kier molecular flexibility index (Phi) is 4.25. The molecule has 1 N–H and O–H groups in total. The van der Waals surface area contributed by atoms with Gasteiger partial charge in [0, 0.05) is 6.04 Å². The van der Waals surface area contributed by atoms with E-state index in [2.05, 4.69) is 26.4 Å². The van der Waals surface area contributed by atoms with Gasteiger partial charge in [-0.05, 0) is 25.0 Å². The van der Waals surface area contributed by atoms with Crippen LogP contribution in [0.3, 0.4) is 0 Å². The average Bonchev–Trinajstić information content (AvgIpc) is 2.96. The maximum Gasteiger partial charge on any atom is 0.155 e. The fourth-order valence-corrected chi connectivity index (χ4v) is 2.77. The van der Waals surface area contributed by atoms with Gasteiger partial charge in [0.1, 0.15) is 12.7 Å². The van der Waals surface area contributed by atoms with Gasteiger partial charge in [-0.1, -0.05) is 32.1 Å². The van der Waals surface area contributed by atoms with Crippen LogP contribution in [0.1, 0.15) is 44.9 Å². The van der Waals surface area contributed by atoms with Crippen LogP contribution in [0.2, 0.25) is 0 Å². The second kappa shape index (κ2) is 6.50. The third kappa shape index (κ3) is 3.35. The smallest absolute Gasteiger partial charge is 0.155 e. The molecule has 106 valence electrons. The summed E-state index contributed by atoms with van der Waals surface area (Å²) in [6.45, 7) is 0. The second-order valence-electron chi connectivity index (χ2n) is 5.43. The summed E-state index contributed by atoms with van der Waals surface area (Å²) < 4.78 is 1.67. The Labute approximate surface area is 119 Å². The molecule has 1 fully saturated rings. The lowest BCUT2D eigenvalue weighted by Crippen LogP contribution is -2.20. The minimum atomic E-state index is 0.592. The molecule has 5 nitrogen and oxygen atoms in total. The van der Waals surface area contributed by atoms with E-state index in [0.29, 0.717) is 6.04 Å². The summed E-state index contributed by atoms with van der Waals surface area (Å²) in [4.78, 5) is 8.36. The van der Waals surface area contributed by atoms with Crippen molar-refractivity contribution in [3.8, 4) is 5.82 Å². The van der Waals surface area contributed by atoms with E-state index in [4.69, 9.17) is 0 Å². The molecule has 2 heterocycles. The molecule has 0 bridgehead atoms. The SMILES string of the molecule is c1ncn(-c2ccc(NC3CCCCCCC3)cn2)n1. The van der Waals surface area contributed by atoms with E-state index in [0.717, 1.165) is 11.5 Å². The monoisotopic (exact) mass is 271 g/mol. The molecule has 1 saturated carbocycles. The zero-order valence-electron chi connectivity index (χ0n) is 11.7. The molecule has 0 unspecified atom stereocenters. The van der Waals surface area contributed by atoms with Gasteiger partial charge >= 0.3 is 0 Å². The van der Waals surface area contributed by atoms with Gasteiger partial charge in [0.2, 0.25) is 0 Å². The molecule has 2 aromatic heterocycles. The number of rotatable bonds is 3. The number of hydrogen-bond donors (Lipinski definition) is 1. The van der Waals surface area contributed by atoms with Crippen LogP contribution < -0.4 is 5.32 Å². The molecule has 1 aliphatic rings. The Balaban J connectivity index is 1.62. The molecule has 2 aromatic rings. The van der Waals surface area contributed by atoms with E-state index in [1.807, 2.05) is 12.3 Å². The van der Waals surface area contributed by atoms with Gasteiger partial charge < -0.3 is 5.32 Å². The van der Waals surface area contributed by atoms with Crippen LogP contribution >= 0.6 is 0 Å². The number of nitrogens with one attached hydrogen (secondary N) is 1. The highest BCUT2D eigenvalue weighted by atomic mass is 15.3. The maximum absolute atomic E-state index is 4.43. The number of pyridine rings is 1. The number of anilines is 1. The molecule has 3 rings (SSSR count). The van der Waals surface area contributed by atoms with Crippen LogP contribution in [-0.4, -0.2) is 25.8 Å². The third-order valence-electron chi connectivity index (χ3n) is 3.88. The zero-order chi connectivity index (χ0) is 13.6. The summed E-state index contributed by atoms with van der Waals surface area (Å²) in [5.41, 5.74) is 1.10. The van der Waals surface area contributed by atoms with Crippen LogP contribution in [-0.2, 0) is 0 Å². The standard InChI is InChI=1S/C15H21N5/c1-2-4-6-13(7-5-3-1)19-14-8-9-15(17-10-14)20-12-16-11-18-20/h8-13,19H,1-7H2. The first kappa shape index (κ1) is 13.1. The van der Waals surface area contributed by atoms with Gasteiger partial charge in [-0.3, -0.25) is 0 Å². The van der Waals surface area contributed by atoms with E-state index in [1.54, 1.807) is 11.0 Å². The predicted octanol–water partition coefficient (Wildman–Crippen LogP) is 3.19. The molecule has 0 atom stereocenters. The van der Waals surface area contributed by atoms with Crippen molar-refractivity contribution in [3.05, 3.63) is 31.0 Å². The molecule has 5 heteroatoms. The maximum atomic E-state index is 4.43. The lowest BCUT2D eigenvalue weighted by molar-refractivity contribution is 0.471. The van der Waals surface area contributed by atoms with Crippen molar-refractivity contribution in [2.75, 3.05) is 5.32 Å². The van der Waals surface area contributed by atoms with E-state index in [9.17, 15) is 0 Å². The highest BCUT2D eigenvalue weighted by molar-refractivity contribution is 5.44. The van der Waals surface area contributed by atoms with Gasteiger partial charge in [0.15, 0.2) is 5.82 Å². The van der Waals surface area contributed by atoms with E-state index >= 15 is 0 Å². The second-order valence-corrected chi connectivity index (χ2v) is 5.43. The summed E-state index contributed by atoms with van der Waals surface area (Å²) in [6.07, 6.45) is 14.4. The van der Waals surface area contributed by atoms with Crippen molar-refractivity contribution in [2.45, 2.75) is 51.0 Å². The van der Waals surface area contributed by atoms with Gasteiger partial charge in [-0.25, -0.2) is 14.6 Å². The van der Waals surface area contributed by atoms with Crippen LogP contribution in [0, 0.1) is 0 Å². The highest BCUT2D eigenvalue weighted by Crippen LogP contribution is 2.20. The molecule has 1 aliphatic carbocycles. The molecule has 0 aromatic carbocycles. The van der Waals surface area contributed by atoms with Crippen molar-refractivity contribution >= 4 is 5.69 Å². The van der Waals surface area contributed by atoms with Crippen LogP contribution in [0.5, 0.6) is 0 Å². The van der Waals surface area contributed by atoms with Crippen molar-refractivity contribution in [1.82, 2.24) is 19.7 Å².